The molecule has 1 aliphatic carbocycles. The molecule has 0 unspecified atom stereocenters. The smallest absolute Gasteiger partial charge is 0.227 e. The van der Waals surface area contributed by atoms with Crippen molar-refractivity contribution in [3.05, 3.63) is 47.1 Å². The molecule has 0 fully saturated rings. The van der Waals surface area contributed by atoms with E-state index in [2.05, 4.69) is 53.6 Å². The van der Waals surface area contributed by atoms with Crippen molar-refractivity contribution >= 4 is 5.91 Å². The normalized spacial score (nSPS) is 19.2. The number of hydrogen-bond donors (Lipinski definition) is 1. The summed E-state index contributed by atoms with van der Waals surface area (Å²) in [6, 6.07) is 8.64. The Balaban J connectivity index is 1.78. The molecule has 1 heterocycles. The number of fused-ring (bicyclic) bond motifs is 1. The van der Waals surface area contributed by atoms with Crippen LogP contribution < -0.4 is 5.32 Å². The van der Waals surface area contributed by atoms with Gasteiger partial charge in [0.15, 0.2) is 5.82 Å². The Kier molecular flexibility index (Phi) is 4.20. The summed E-state index contributed by atoms with van der Waals surface area (Å²) in [5, 5.41) is 6.47. The number of nitrogens with zero attached hydrogens (tertiary/aromatic N) is 2. The quantitative estimate of drug-likeness (QED) is 0.942. The lowest BCUT2D eigenvalue weighted by molar-refractivity contribution is -0.120. The molecule has 2 aromatic rings. The molecule has 0 aliphatic heterocycles. The van der Waals surface area contributed by atoms with Crippen molar-refractivity contribution in [3.8, 4) is 0 Å². The summed E-state index contributed by atoms with van der Waals surface area (Å²) in [6.07, 6.45) is 3.15. The number of benzene rings is 1. The predicted molar refractivity (Wildman–Crippen MR) is 87.2 cm³/mol. The maximum atomic E-state index is 11.4. The summed E-state index contributed by atoms with van der Waals surface area (Å²) in [7, 11) is 1.60. The van der Waals surface area contributed by atoms with Crippen molar-refractivity contribution in [1.29, 1.82) is 0 Å². The van der Waals surface area contributed by atoms with Crippen LogP contribution in [0.4, 0.5) is 0 Å². The van der Waals surface area contributed by atoms with Crippen molar-refractivity contribution in [2.45, 2.75) is 50.9 Å². The topological polar surface area (TPSA) is 68.0 Å². The molecule has 1 aliphatic rings. The molecule has 0 radical (unpaired) electrons. The molecule has 1 atom stereocenters. The van der Waals surface area contributed by atoms with Gasteiger partial charge in [0.2, 0.25) is 11.8 Å². The first kappa shape index (κ1) is 15.7. The minimum Gasteiger partial charge on any atom is -0.359 e. The highest BCUT2D eigenvalue weighted by Crippen LogP contribution is 2.43. The van der Waals surface area contributed by atoms with Crippen LogP contribution in [0, 0.1) is 0 Å². The van der Waals surface area contributed by atoms with Gasteiger partial charge in [-0.1, -0.05) is 43.3 Å². The van der Waals surface area contributed by atoms with E-state index in [1.165, 1.54) is 11.1 Å². The van der Waals surface area contributed by atoms with E-state index in [9.17, 15) is 4.79 Å². The Morgan fingerprint density at radius 2 is 2.17 bits per heavy atom. The van der Waals surface area contributed by atoms with Crippen LogP contribution in [0.25, 0.3) is 0 Å². The molecular weight excluding hydrogens is 290 g/mol. The van der Waals surface area contributed by atoms with Crippen molar-refractivity contribution < 1.29 is 9.32 Å². The second-order valence-corrected chi connectivity index (χ2v) is 6.87. The van der Waals surface area contributed by atoms with Crippen LogP contribution in [0.5, 0.6) is 0 Å². The predicted octanol–water partition coefficient (Wildman–Crippen LogP) is 2.76. The zero-order valence-corrected chi connectivity index (χ0v) is 13.9. The minimum absolute atomic E-state index is 0.109. The van der Waals surface area contributed by atoms with E-state index in [0.29, 0.717) is 17.6 Å². The second-order valence-electron chi connectivity index (χ2n) is 6.87. The van der Waals surface area contributed by atoms with Crippen LogP contribution in [0.1, 0.15) is 55.4 Å². The van der Waals surface area contributed by atoms with Gasteiger partial charge in [0.05, 0.1) is 6.42 Å². The van der Waals surface area contributed by atoms with Crippen molar-refractivity contribution in [2.24, 2.45) is 0 Å². The Labute approximate surface area is 136 Å². The molecular formula is C18H23N3O2. The van der Waals surface area contributed by atoms with Crippen LogP contribution in [0.3, 0.4) is 0 Å². The fourth-order valence-corrected chi connectivity index (χ4v) is 3.39. The van der Waals surface area contributed by atoms with E-state index in [1.54, 1.807) is 7.05 Å². The molecule has 23 heavy (non-hydrogen) atoms. The van der Waals surface area contributed by atoms with E-state index in [-0.39, 0.29) is 17.7 Å². The molecule has 122 valence electrons. The number of rotatable bonds is 4. The van der Waals surface area contributed by atoms with Gasteiger partial charge < -0.3 is 9.84 Å². The first-order valence-corrected chi connectivity index (χ1v) is 8.11. The minimum atomic E-state index is -0.109. The van der Waals surface area contributed by atoms with Gasteiger partial charge in [0, 0.05) is 13.5 Å². The third-order valence-corrected chi connectivity index (χ3v) is 4.78. The average molecular weight is 313 g/mol. The van der Waals surface area contributed by atoms with Gasteiger partial charge in [0.25, 0.3) is 0 Å². The van der Waals surface area contributed by atoms with Gasteiger partial charge in [-0.2, -0.15) is 4.98 Å². The highest BCUT2D eigenvalue weighted by molar-refractivity contribution is 5.77. The average Bonchev–Trinajstić information content (AvgIpc) is 2.97. The highest BCUT2D eigenvalue weighted by atomic mass is 16.5. The zero-order chi connectivity index (χ0) is 16.4. The lowest BCUT2D eigenvalue weighted by Crippen LogP contribution is -2.27. The van der Waals surface area contributed by atoms with E-state index >= 15 is 0 Å². The van der Waals surface area contributed by atoms with Crippen molar-refractivity contribution in [1.82, 2.24) is 15.5 Å². The molecule has 1 N–H and O–H groups in total. The van der Waals surface area contributed by atoms with Gasteiger partial charge in [-0.3, -0.25) is 4.79 Å². The van der Waals surface area contributed by atoms with Crippen LogP contribution in [0.2, 0.25) is 0 Å². The highest BCUT2D eigenvalue weighted by Gasteiger charge is 2.33. The summed E-state index contributed by atoms with van der Waals surface area (Å²) in [5.74, 6) is 1.35. The summed E-state index contributed by atoms with van der Waals surface area (Å²) >= 11 is 0. The van der Waals surface area contributed by atoms with Gasteiger partial charge in [-0.15, -0.1) is 0 Å². The van der Waals surface area contributed by atoms with E-state index in [1.807, 2.05) is 0 Å². The van der Waals surface area contributed by atoms with Crippen molar-refractivity contribution in [3.63, 3.8) is 0 Å². The standard InChI is InChI=1S/C18H23N3O2/c1-18(2)9-8-12(13-6-4-5-7-14(13)18)10-17-20-15(21-23-17)11-16(22)19-3/h4-7,12H,8-11H2,1-3H3,(H,19,22)/t12-/m1/s1. The maximum absolute atomic E-state index is 11.4. The Morgan fingerprint density at radius 3 is 2.96 bits per heavy atom. The Bertz CT molecular complexity index is 706. The summed E-state index contributed by atoms with van der Waals surface area (Å²) in [6.45, 7) is 4.60. The molecule has 1 aromatic carbocycles. The number of nitrogens with one attached hydrogen (secondary N) is 1. The lowest BCUT2D eigenvalue weighted by Gasteiger charge is -2.36. The number of aromatic nitrogens is 2. The Morgan fingerprint density at radius 1 is 1.39 bits per heavy atom. The molecule has 3 rings (SSSR count). The molecule has 1 aromatic heterocycles. The first-order valence-electron chi connectivity index (χ1n) is 8.11. The second kappa shape index (κ2) is 6.14. The summed E-state index contributed by atoms with van der Waals surface area (Å²) in [5.41, 5.74) is 3.02. The van der Waals surface area contributed by atoms with E-state index < -0.39 is 0 Å². The number of carbonyl (C=O) groups is 1. The van der Waals surface area contributed by atoms with Gasteiger partial charge in [-0.05, 0) is 35.3 Å². The first-order chi connectivity index (χ1) is 11.0. The zero-order valence-electron chi connectivity index (χ0n) is 13.9. The molecule has 0 saturated carbocycles. The van der Waals surface area contributed by atoms with E-state index in [0.717, 1.165) is 19.3 Å². The molecule has 0 bridgehead atoms. The Hall–Kier alpha value is -2.17. The molecule has 1 amide bonds. The fourth-order valence-electron chi connectivity index (χ4n) is 3.39. The van der Waals surface area contributed by atoms with Crippen LogP contribution in [0.15, 0.2) is 28.8 Å². The molecule has 5 nitrogen and oxygen atoms in total. The third-order valence-electron chi connectivity index (χ3n) is 4.78. The van der Waals surface area contributed by atoms with Gasteiger partial charge in [-0.25, -0.2) is 0 Å². The van der Waals surface area contributed by atoms with Crippen LogP contribution in [-0.4, -0.2) is 23.1 Å². The number of likely N-dealkylation sites (N-methyl/N-ethyl adjacent to an activating group) is 1. The largest absolute Gasteiger partial charge is 0.359 e. The SMILES string of the molecule is CNC(=O)Cc1noc(C[C@H]2CCC(C)(C)c3ccccc32)n1. The lowest BCUT2D eigenvalue weighted by atomic mass is 9.68. The van der Waals surface area contributed by atoms with E-state index in [4.69, 9.17) is 4.52 Å². The molecule has 0 saturated heterocycles. The molecule has 5 heteroatoms. The maximum Gasteiger partial charge on any atom is 0.227 e. The van der Waals surface area contributed by atoms with Crippen LogP contribution >= 0.6 is 0 Å². The number of amides is 1. The third kappa shape index (κ3) is 3.28. The fraction of sp³-hybridized carbons (Fsp3) is 0.500. The number of carbonyl (C=O) groups excluding carboxylic acids is 1. The summed E-state index contributed by atoms with van der Waals surface area (Å²) in [4.78, 5) is 15.7. The summed E-state index contributed by atoms with van der Waals surface area (Å²) < 4.78 is 5.34. The monoisotopic (exact) mass is 313 g/mol. The van der Waals surface area contributed by atoms with Crippen LogP contribution in [-0.2, 0) is 23.1 Å². The number of hydrogen-bond acceptors (Lipinski definition) is 4. The molecule has 0 spiro atoms. The van der Waals surface area contributed by atoms with Gasteiger partial charge in [0.1, 0.15) is 0 Å². The van der Waals surface area contributed by atoms with Crippen molar-refractivity contribution in [2.75, 3.05) is 7.05 Å². The van der Waals surface area contributed by atoms with Gasteiger partial charge >= 0.3 is 0 Å².